The molecule has 1 aromatic rings. The maximum absolute atomic E-state index is 12.3. The number of carboxylic acids is 1. The molecule has 1 fully saturated rings. The zero-order valence-corrected chi connectivity index (χ0v) is 11.2. The van der Waals surface area contributed by atoms with Crippen LogP contribution in [0.4, 0.5) is 4.79 Å². The van der Waals surface area contributed by atoms with Crippen molar-refractivity contribution in [1.29, 1.82) is 0 Å². The summed E-state index contributed by atoms with van der Waals surface area (Å²) in [6.45, 7) is 0.451. The van der Waals surface area contributed by atoms with Crippen LogP contribution in [0.3, 0.4) is 0 Å². The van der Waals surface area contributed by atoms with Crippen molar-refractivity contribution in [2.45, 2.75) is 37.8 Å². The van der Waals surface area contributed by atoms with E-state index >= 15 is 0 Å². The minimum Gasteiger partial charge on any atom is -0.479 e. The third kappa shape index (κ3) is 2.24. The average molecular weight is 274 g/mol. The van der Waals surface area contributed by atoms with Gasteiger partial charge in [0.1, 0.15) is 0 Å². The molecular weight excluding hydrogens is 256 g/mol. The fraction of sp³-hybridized carbons (Fsp3) is 0.467. The molecule has 0 radical (unpaired) electrons. The summed E-state index contributed by atoms with van der Waals surface area (Å²) in [7, 11) is 0. The highest BCUT2D eigenvalue weighted by atomic mass is 16.4. The number of carbonyl (C=O) groups is 2. The fourth-order valence-electron chi connectivity index (χ4n) is 2.86. The summed E-state index contributed by atoms with van der Waals surface area (Å²) < 4.78 is 0. The molecule has 1 unspecified atom stereocenters. The Balaban J connectivity index is 1.84. The van der Waals surface area contributed by atoms with Crippen LogP contribution < -0.4 is 5.32 Å². The van der Waals surface area contributed by atoms with Gasteiger partial charge in [-0.2, -0.15) is 0 Å². The van der Waals surface area contributed by atoms with E-state index in [0.717, 1.165) is 30.4 Å². The number of amides is 2. The second kappa shape index (κ2) is 5.15. The summed E-state index contributed by atoms with van der Waals surface area (Å²) in [6.07, 6.45) is 3.83. The lowest BCUT2D eigenvalue weighted by molar-refractivity contribution is -0.142. The maximum Gasteiger partial charge on any atom is 0.331 e. The Bertz CT molecular complexity index is 540. The zero-order chi connectivity index (χ0) is 14.1. The van der Waals surface area contributed by atoms with Gasteiger partial charge >= 0.3 is 12.0 Å². The first-order valence-corrected chi connectivity index (χ1v) is 7.04. The summed E-state index contributed by atoms with van der Waals surface area (Å²) >= 11 is 0. The molecule has 1 saturated carbocycles. The van der Waals surface area contributed by atoms with E-state index in [1.807, 2.05) is 18.2 Å². The fourth-order valence-corrected chi connectivity index (χ4v) is 2.86. The van der Waals surface area contributed by atoms with Crippen molar-refractivity contribution in [3.8, 4) is 0 Å². The second-order valence-electron chi connectivity index (χ2n) is 5.46. The van der Waals surface area contributed by atoms with Crippen LogP contribution in [0, 0.1) is 0 Å². The molecule has 1 aliphatic heterocycles. The van der Waals surface area contributed by atoms with Crippen molar-refractivity contribution < 1.29 is 14.7 Å². The number of aliphatic carboxylic acids is 1. The smallest absolute Gasteiger partial charge is 0.331 e. The molecule has 20 heavy (non-hydrogen) atoms. The van der Waals surface area contributed by atoms with Crippen molar-refractivity contribution in [1.82, 2.24) is 10.2 Å². The highest BCUT2D eigenvalue weighted by Crippen LogP contribution is 2.30. The SMILES string of the molecule is O=C(O)C1c2ccccc2CCN1C(=O)NC1CCC1. The Morgan fingerprint density at radius 2 is 2.00 bits per heavy atom. The lowest BCUT2D eigenvalue weighted by Crippen LogP contribution is -2.52. The highest BCUT2D eigenvalue weighted by molar-refractivity contribution is 5.85. The van der Waals surface area contributed by atoms with E-state index in [9.17, 15) is 14.7 Å². The molecule has 2 aliphatic rings. The predicted octanol–water partition coefficient (Wildman–Crippen LogP) is 1.93. The number of carboxylic acid groups (broad SMARTS) is 1. The van der Waals surface area contributed by atoms with Crippen LogP contribution in [0.5, 0.6) is 0 Å². The van der Waals surface area contributed by atoms with Crippen LogP contribution in [-0.2, 0) is 11.2 Å². The number of nitrogens with one attached hydrogen (secondary N) is 1. The van der Waals surface area contributed by atoms with Gasteiger partial charge in [-0.1, -0.05) is 24.3 Å². The Kier molecular flexibility index (Phi) is 3.34. The third-order valence-electron chi connectivity index (χ3n) is 4.21. The summed E-state index contributed by atoms with van der Waals surface area (Å²) in [6, 6.07) is 6.55. The Hall–Kier alpha value is -2.04. The summed E-state index contributed by atoms with van der Waals surface area (Å²) in [5, 5.41) is 12.4. The first-order valence-electron chi connectivity index (χ1n) is 7.04. The number of carbonyl (C=O) groups excluding carboxylic acids is 1. The van der Waals surface area contributed by atoms with Crippen LogP contribution in [0.25, 0.3) is 0 Å². The first kappa shape index (κ1) is 13.0. The molecule has 0 saturated heterocycles. The van der Waals surface area contributed by atoms with Crippen LogP contribution in [0.1, 0.15) is 36.4 Å². The molecule has 2 amide bonds. The van der Waals surface area contributed by atoms with Gasteiger partial charge in [0.25, 0.3) is 0 Å². The summed E-state index contributed by atoms with van der Waals surface area (Å²) in [5.41, 5.74) is 1.75. The van der Waals surface area contributed by atoms with Gasteiger partial charge in [-0.15, -0.1) is 0 Å². The molecule has 0 spiro atoms. The normalized spacial score (nSPS) is 21.8. The van der Waals surface area contributed by atoms with Gasteiger partial charge in [0.2, 0.25) is 0 Å². The predicted molar refractivity (Wildman–Crippen MR) is 73.4 cm³/mol. The van der Waals surface area contributed by atoms with Gasteiger partial charge in [-0.3, -0.25) is 0 Å². The Morgan fingerprint density at radius 1 is 1.25 bits per heavy atom. The van der Waals surface area contributed by atoms with Gasteiger partial charge in [0.05, 0.1) is 0 Å². The van der Waals surface area contributed by atoms with Crippen LogP contribution in [0.15, 0.2) is 24.3 Å². The molecule has 2 N–H and O–H groups in total. The van der Waals surface area contributed by atoms with E-state index < -0.39 is 12.0 Å². The minimum atomic E-state index is -0.971. The monoisotopic (exact) mass is 274 g/mol. The van der Waals surface area contributed by atoms with Gasteiger partial charge in [-0.05, 0) is 36.8 Å². The van der Waals surface area contributed by atoms with Crippen LogP contribution in [0.2, 0.25) is 0 Å². The molecule has 5 nitrogen and oxygen atoms in total. The van der Waals surface area contributed by atoms with E-state index in [1.165, 1.54) is 4.90 Å². The lowest BCUT2D eigenvalue weighted by atomic mass is 9.92. The molecule has 1 aliphatic carbocycles. The number of benzene rings is 1. The summed E-state index contributed by atoms with van der Waals surface area (Å²) in [4.78, 5) is 25.3. The average Bonchev–Trinajstić information content (AvgIpc) is 2.41. The van der Waals surface area contributed by atoms with Crippen molar-refractivity contribution in [3.05, 3.63) is 35.4 Å². The quantitative estimate of drug-likeness (QED) is 0.865. The van der Waals surface area contributed by atoms with E-state index in [1.54, 1.807) is 6.07 Å². The topological polar surface area (TPSA) is 69.6 Å². The molecule has 1 atom stereocenters. The highest BCUT2D eigenvalue weighted by Gasteiger charge is 2.36. The van der Waals surface area contributed by atoms with Gasteiger partial charge in [0.15, 0.2) is 6.04 Å². The van der Waals surface area contributed by atoms with Crippen LogP contribution >= 0.6 is 0 Å². The number of rotatable bonds is 2. The standard InChI is InChI=1S/C15H18N2O3/c18-14(19)13-12-7-2-1-4-10(12)8-9-17(13)15(20)16-11-5-3-6-11/h1-2,4,7,11,13H,3,5-6,8-9H2,(H,16,20)(H,18,19). The number of nitrogens with zero attached hydrogens (tertiary/aromatic N) is 1. The van der Waals surface area contributed by atoms with Crippen molar-refractivity contribution >= 4 is 12.0 Å². The minimum absolute atomic E-state index is 0.217. The molecule has 106 valence electrons. The maximum atomic E-state index is 12.3. The van der Waals surface area contributed by atoms with E-state index in [2.05, 4.69) is 5.32 Å². The van der Waals surface area contributed by atoms with Gasteiger partial charge in [0, 0.05) is 12.6 Å². The number of hydrogen-bond acceptors (Lipinski definition) is 2. The van der Waals surface area contributed by atoms with E-state index in [4.69, 9.17) is 0 Å². The van der Waals surface area contributed by atoms with Crippen molar-refractivity contribution in [2.75, 3.05) is 6.54 Å². The zero-order valence-electron chi connectivity index (χ0n) is 11.2. The molecule has 0 aromatic heterocycles. The molecule has 0 bridgehead atoms. The van der Waals surface area contributed by atoms with Crippen molar-refractivity contribution in [2.24, 2.45) is 0 Å². The third-order valence-corrected chi connectivity index (χ3v) is 4.21. The van der Waals surface area contributed by atoms with Gasteiger partial charge in [-0.25, -0.2) is 9.59 Å². The van der Waals surface area contributed by atoms with Crippen molar-refractivity contribution in [3.63, 3.8) is 0 Å². The largest absolute Gasteiger partial charge is 0.479 e. The number of hydrogen-bond donors (Lipinski definition) is 2. The van der Waals surface area contributed by atoms with E-state index in [-0.39, 0.29) is 12.1 Å². The molecule has 3 rings (SSSR count). The van der Waals surface area contributed by atoms with Crippen LogP contribution in [-0.4, -0.2) is 34.6 Å². The Morgan fingerprint density at radius 3 is 2.65 bits per heavy atom. The van der Waals surface area contributed by atoms with Gasteiger partial charge < -0.3 is 15.3 Å². The number of urea groups is 1. The lowest BCUT2D eigenvalue weighted by Gasteiger charge is -2.37. The first-order chi connectivity index (χ1) is 9.66. The van der Waals surface area contributed by atoms with E-state index in [0.29, 0.717) is 13.0 Å². The Labute approximate surface area is 117 Å². The molecule has 1 aromatic carbocycles. The molecular formula is C15H18N2O3. The summed E-state index contributed by atoms with van der Waals surface area (Å²) in [5.74, 6) is -0.971. The number of fused-ring (bicyclic) bond motifs is 1. The second-order valence-corrected chi connectivity index (χ2v) is 5.46. The molecule has 5 heteroatoms. The molecule has 1 heterocycles.